The first kappa shape index (κ1) is 11.2. The Morgan fingerprint density at radius 3 is 2.64 bits per heavy atom. The summed E-state index contributed by atoms with van der Waals surface area (Å²) >= 11 is 1.41. The molecule has 0 aliphatic carbocycles. The number of aryl methyl sites for hydroxylation is 1. The Morgan fingerprint density at radius 1 is 1.64 bits per heavy atom. The van der Waals surface area contributed by atoms with Crippen LogP contribution >= 0.6 is 11.3 Å². The molecule has 0 aliphatic heterocycles. The van der Waals surface area contributed by atoms with E-state index in [0.29, 0.717) is 6.42 Å². The summed E-state index contributed by atoms with van der Waals surface area (Å²) in [6.45, 7) is 3.65. The molecular formula is C10H14O3S. The molecule has 78 valence electrons. The van der Waals surface area contributed by atoms with Crippen LogP contribution in [-0.2, 0) is 4.79 Å². The Kier molecular flexibility index (Phi) is 3.66. The van der Waals surface area contributed by atoms with Crippen molar-refractivity contribution in [3.05, 3.63) is 21.9 Å². The van der Waals surface area contributed by atoms with Crippen LogP contribution in [0.25, 0.3) is 0 Å². The first-order valence-electron chi connectivity index (χ1n) is 4.52. The molecule has 0 radical (unpaired) electrons. The Balaban J connectivity index is 2.88. The van der Waals surface area contributed by atoms with Crippen LogP contribution in [0.2, 0.25) is 0 Å². The van der Waals surface area contributed by atoms with Gasteiger partial charge in [-0.3, -0.25) is 4.79 Å². The number of carboxylic acids is 1. The molecule has 0 spiro atoms. The molecule has 0 saturated heterocycles. The number of carbonyl (C=O) groups is 1. The molecule has 0 amide bonds. The minimum absolute atomic E-state index is 0.438. The highest BCUT2D eigenvalue weighted by atomic mass is 32.1. The fraction of sp³-hybridized carbons (Fsp3) is 0.500. The summed E-state index contributed by atoms with van der Waals surface area (Å²) in [4.78, 5) is 11.6. The lowest BCUT2D eigenvalue weighted by Crippen LogP contribution is -2.20. The Bertz CT molecular complexity index is 319. The van der Waals surface area contributed by atoms with Gasteiger partial charge in [0.25, 0.3) is 0 Å². The second-order valence-electron chi connectivity index (χ2n) is 3.27. The summed E-state index contributed by atoms with van der Waals surface area (Å²) in [5, 5.41) is 20.6. The molecule has 0 bridgehead atoms. The molecule has 0 aromatic carbocycles. The second-order valence-corrected chi connectivity index (χ2v) is 4.21. The number of aliphatic hydroxyl groups excluding tert-OH is 1. The van der Waals surface area contributed by atoms with Crippen molar-refractivity contribution in [2.75, 3.05) is 0 Å². The monoisotopic (exact) mass is 214 g/mol. The zero-order valence-corrected chi connectivity index (χ0v) is 9.04. The Hall–Kier alpha value is -0.870. The highest BCUT2D eigenvalue weighted by molar-refractivity contribution is 7.10. The van der Waals surface area contributed by atoms with E-state index in [-0.39, 0.29) is 0 Å². The smallest absolute Gasteiger partial charge is 0.309 e. The van der Waals surface area contributed by atoms with E-state index in [1.807, 2.05) is 18.4 Å². The number of aliphatic hydroxyl groups is 1. The predicted octanol–water partition coefficient (Wildman–Crippen LogP) is 2.20. The van der Waals surface area contributed by atoms with Crippen LogP contribution in [0.4, 0.5) is 0 Å². The summed E-state index contributed by atoms with van der Waals surface area (Å²) in [5.74, 6) is -1.64. The molecule has 1 aromatic rings. The quantitative estimate of drug-likeness (QED) is 0.807. The van der Waals surface area contributed by atoms with E-state index >= 15 is 0 Å². The van der Waals surface area contributed by atoms with Gasteiger partial charge in [-0.1, -0.05) is 6.92 Å². The molecule has 3 nitrogen and oxygen atoms in total. The maximum atomic E-state index is 10.8. The molecule has 2 atom stereocenters. The highest BCUT2D eigenvalue weighted by Crippen LogP contribution is 2.31. The molecule has 2 N–H and O–H groups in total. The van der Waals surface area contributed by atoms with Crippen molar-refractivity contribution in [1.82, 2.24) is 0 Å². The molecule has 4 heteroatoms. The molecule has 1 rings (SSSR count). The lowest BCUT2D eigenvalue weighted by molar-refractivity contribution is -0.146. The first-order valence-corrected chi connectivity index (χ1v) is 5.40. The molecule has 0 saturated carbocycles. The molecular weight excluding hydrogens is 200 g/mol. The lowest BCUT2D eigenvalue weighted by atomic mass is 9.97. The summed E-state index contributed by atoms with van der Waals surface area (Å²) in [5.41, 5.74) is 0.960. The van der Waals surface area contributed by atoms with Gasteiger partial charge in [-0.25, -0.2) is 0 Å². The van der Waals surface area contributed by atoms with E-state index in [0.717, 1.165) is 10.4 Å². The minimum atomic E-state index is -0.937. The van der Waals surface area contributed by atoms with Crippen molar-refractivity contribution in [3.8, 4) is 0 Å². The van der Waals surface area contributed by atoms with Gasteiger partial charge < -0.3 is 10.2 Å². The van der Waals surface area contributed by atoms with Crippen LogP contribution < -0.4 is 0 Å². The topological polar surface area (TPSA) is 57.5 Å². The number of hydrogen-bond acceptors (Lipinski definition) is 3. The van der Waals surface area contributed by atoms with Crippen LogP contribution in [0.3, 0.4) is 0 Å². The van der Waals surface area contributed by atoms with E-state index in [1.54, 1.807) is 6.92 Å². The Labute approximate surface area is 87.0 Å². The molecule has 14 heavy (non-hydrogen) atoms. The average molecular weight is 214 g/mol. The van der Waals surface area contributed by atoms with Crippen LogP contribution in [0.5, 0.6) is 0 Å². The number of aliphatic carboxylic acids is 1. The van der Waals surface area contributed by atoms with Gasteiger partial charge in [0.05, 0.1) is 5.92 Å². The van der Waals surface area contributed by atoms with Crippen LogP contribution in [0.15, 0.2) is 11.4 Å². The largest absolute Gasteiger partial charge is 0.481 e. The zero-order valence-electron chi connectivity index (χ0n) is 8.23. The fourth-order valence-corrected chi connectivity index (χ4v) is 2.38. The predicted molar refractivity (Wildman–Crippen MR) is 55.4 cm³/mol. The first-order chi connectivity index (χ1) is 6.57. The van der Waals surface area contributed by atoms with E-state index in [9.17, 15) is 9.90 Å². The number of thiophene rings is 1. The Morgan fingerprint density at radius 2 is 2.29 bits per heavy atom. The normalized spacial score (nSPS) is 15.1. The van der Waals surface area contributed by atoms with Crippen molar-refractivity contribution in [2.24, 2.45) is 5.92 Å². The summed E-state index contributed by atoms with van der Waals surface area (Å²) in [7, 11) is 0. The lowest BCUT2D eigenvalue weighted by Gasteiger charge is -2.16. The van der Waals surface area contributed by atoms with Gasteiger partial charge in [-0.05, 0) is 30.4 Å². The van der Waals surface area contributed by atoms with Crippen LogP contribution in [0.1, 0.15) is 29.9 Å². The van der Waals surface area contributed by atoms with E-state index < -0.39 is 18.0 Å². The van der Waals surface area contributed by atoms with Gasteiger partial charge >= 0.3 is 5.97 Å². The third kappa shape index (κ3) is 2.13. The molecule has 1 heterocycles. The van der Waals surface area contributed by atoms with E-state index in [1.165, 1.54) is 11.3 Å². The highest BCUT2D eigenvalue weighted by Gasteiger charge is 2.27. The average Bonchev–Trinajstić information content (AvgIpc) is 2.51. The fourth-order valence-electron chi connectivity index (χ4n) is 1.40. The third-order valence-corrected chi connectivity index (χ3v) is 3.40. The standard InChI is InChI=1S/C10H14O3S/c1-3-7(10(12)13)8(11)9-6(2)4-5-14-9/h4-5,7-8,11H,3H2,1-2H3,(H,12,13). The zero-order chi connectivity index (χ0) is 10.7. The molecule has 0 aliphatic rings. The number of hydrogen-bond donors (Lipinski definition) is 2. The number of rotatable bonds is 4. The third-order valence-electron chi connectivity index (χ3n) is 2.31. The van der Waals surface area contributed by atoms with Gasteiger partial charge in [0, 0.05) is 4.88 Å². The van der Waals surface area contributed by atoms with Gasteiger partial charge in [0.1, 0.15) is 6.10 Å². The van der Waals surface area contributed by atoms with E-state index in [2.05, 4.69) is 0 Å². The van der Waals surface area contributed by atoms with Crippen molar-refractivity contribution < 1.29 is 15.0 Å². The van der Waals surface area contributed by atoms with E-state index in [4.69, 9.17) is 5.11 Å². The summed E-state index contributed by atoms with van der Waals surface area (Å²) in [6, 6.07) is 1.89. The van der Waals surface area contributed by atoms with Crippen molar-refractivity contribution in [2.45, 2.75) is 26.4 Å². The molecule has 1 aromatic heterocycles. The SMILES string of the molecule is CCC(C(=O)O)C(O)c1sccc1C. The van der Waals surface area contributed by atoms with Gasteiger partial charge in [-0.2, -0.15) is 0 Å². The van der Waals surface area contributed by atoms with Gasteiger partial charge in [-0.15, -0.1) is 11.3 Å². The van der Waals surface area contributed by atoms with Gasteiger partial charge in [0.2, 0.25) is 0 Å². The van der Waals surface area contributed by atoms with Gasteiger partial charge in [0.15, 0.2) is 0 Å². The second kappa shape index (κ2) is 4.57. The molecule has 2 unspecified atom stereocenters. The molecule has 0 fully saturated rings. The van der Waals surface area contributed by atoms with Crippen molar-refractivity contribution in [3.63, 3.8) is 0 Å². The van der Waals surface area contributed by atoms with Crippen LogP contribution in [-0.4, -0.2) is 16.2 Å². The summed E-state index contributed by atoms with van der Waals surface area (Å²) in [6.07, 6.45) is -0.439. The van der Waals surface area contributed by atoms with Crippen molar-refractivity contribution >= 4 is 17.3 Å². The minimum Gasteiger partial charge on any atom is -0.481 e. The maximum absolute atomic E-state index is 10.8. The summed E-state index contributed by atoms with van der Waals surface area (Å²) < 4.78 is 0. The maximum Gasteiger partial charge on any atom is 0.309 e. The number of carboxylic acid groups (broad SMARTS) is 1. The van der Waals surface area contributed by atoms with Crippen molar-refractivity contribution in [1.29, 1.82) is 0 Å². The van der Waals surface area contributed by atoms with Crippen LogP contribution in [0, 0.1) is 12.8 Å².